The molecule has 14 heavy (non-hydrogen) atoms. The number of fused-ring (bicyclic) bond motifs is 1. The number of pyridine rings is 1. The molecule has 0 unspecified atom stereocenters. The Bertz CT molecular complexity index is 434. The average Bonchev–Trinajstić information content (AvgIpc) is 2.23. The zero-order chi connectivity index (χ0) is 10.1. The predicted molar refractivity (Wildman–Crippen MR) is 49.0 cm³/mol. The maximum atomic E-state index is 9.61. The summed E-state index contributed by atoms with van der Waals surface area (Å²) in [5.41, 5.74) is 1.41. The highest BCUT2D eigenvalue weighted by atomic mass is 16.3. The number of aliphatic hydroxyl groups is 2. The fourth-order valence-corrected chi connectivity index (χ4v) is 1.49. The third-order valence-electron chi connectivity index (χ3n) is 2.23. The molecule has 2 N–H and O–H groups in total. The van der Waals surface area contributed by atoms with Crippen LogP contribution in [0.4, 0.5) is 0 Å². The van der Waals surface area contributed by atoms with E-state index >= 15 is 0 Å². The fourth-order valence-electron chi connectivity index (χ4n) is 1.49. The van der Waals surface area contributed by atoms with Gasteiger partial charge in [0.05, 0.1) is 0 Å². The standard InChI is InChI=1S/C10H8N2O2/c11-5-8-6-1-2-9(13)10(14)7(6)3-4-12-8/h1-4,9-10,13-14H/t9-,10+/m0/s1. The third-order valence-corrected chi connectivity index (χ3v) is 2.23. The number of nitriles is 1. The van der Waals surface area contributed by atoms with E-state index < -0.39 is 12.2 Å². The van der Waals surface area contributed by atoms with Gasteiger partial charge in [0.2, 0.25) is 0 Å². The lowest BCUT2D eigenvalue weighted by molar-refractivity contribution is 0.0469. The molecular formula is C10H8N2O2. The van der Waals surface area contributed by atoms with Gasteiger partial charge in [0, 0.05) is 11.8 Å². The first kappa shape index (κ1) is 8.88. The molecule has 0 spiro atoms. The summed E-state index contributed by atoms with van der Waals surface area (Å²) in [6.07, 6.45) is 2.64. The van der Waals surface area contributed by atoms with Crippen LogP contribution in [-0.4, -0.2) is 21.3 Å². The molecule has 1 heterocycles. The molecule has 1 aliphatic carbocycles. The Balaban J connectivity index is 2.62. The number of rotatable bonds is 0. The van der Waals surface area contributed by atoms with Crippen molar-refractivity contribution in [2.75, 3.05) is 0 Å². The Morgan fingerprint density at radius 1 is 1.43 bits per heavy atom. The van der Waals surface area contributed by atoms with Gasteiger partial charge in [0.25, 0.3) is 0 Å². The number of hydrogen-bond acceptors (Lipinski definition) is 4. The van der Waals surface area contributed by atoms with Crippen LogP contribution in [0.3, 0.4) is 0 Å². The Kier molecular flexibility index (Phi) is 2.04. The molecule has 0 aliphatic heterocycles. The van der Waals surface area contributed by atoms with Gasteiger partial charge in [0.1, 0.15) is 24.0 Å². The van der Waals surface area contributed by atoms with Crippen LogP contribution in [0.1, 0.15) is 22.9 Å². The molecule has 1 aromatic heterocycles. The van der Waals surface area contributed by atoms with Gasteiger partial charge in [-0.3, -0.25) is 0 Å². The lowest BCUT2D eigenvalue weighted by atomic mass is 9.93. The molecule has 0 fully saturated rings. The van der Waals surface area contributed by atoms with Gasteiger partial charge in [-0.25, -0.2) is 4.98 Å². The van der Waals surface area contributed by atoms with Crippen LogP contribution >= 0.6 is 0 Å². The second-order valence-electron chi connectivity index (χ2n) is 3.07. The largest absolute Gasteiger partial charge is 0.386 e. The van der Waals surface area contributed by atoms with Gasteiger partial charge in [-0.15, -0.1) is 0 Å². The average molecular weight is 188 g/mol. The fraction of sp³-hybridized carbons (Fsp3) is 0.200. The minimum atomic E-state index is -0.968. The Hall–Kier alpha value is -1.70. The van der Waals surface area contributed by atoms with E-state index in [1.807, 2.05) is 6.07 Å². The second-order valence-corrected chi connectivity index (χ2v) is 3.07. The van der Waals surface area contributed by atoms with Gasteiger partial charge in [-0.1, -0.05) is 12.2 Å². The summed E-state index contributed by atoms with van der Waals surface area (Å²) in [5.74, 6) is 0. The molecular weight excluding hydrogens is 180 g/mol. The maximum absolute atomic E-state index is 9.61. The zero-order valence-corrected chi connectivity index (χ0v) is 7.25. The highest BCUT2D eigenvalue weighted by Gasteiger charge is 2.23. The number of nitrogens with zero attached hydrogens (tertiary/aromatic N) is 2. The summed E-state index contributed by atoms with van der Waals surface area (Å²) in [7, 11) is 0. The van der Waals surface area contributed by atoms with E-state index in [-0.39, 0.29) is 5.69 Å². The minimum absolute atomic E-state index is 0.268. The van der Waals surface area contributed by atoms with Crippen molar-refractivity contribution >= 4 is 6.08 Å². The summed E-state index contributed by atoms with van der Waals surface area (Å²) < 4.78 is 0. The zero-order valence-electron chi connectivity index (χ0n) is 7.25. The first-order valence-electron chi connectivity index (χ1n) is 4.17. The van der Waals surface area contributed by atoms with Crippen molar-refractivity contribution in [2.24, 2.45) is 0 Å². The van der Waals surface area contributed by atoms with E-state index in [0.717, 1.165) is 0 Å². The lowest BCUT2D eigenvalue weighted by Crippen LogP contribution is -2.20. The van der Waals surface area contributed by atoms with E-state index in [1.54, 1.807) is 12.1 Å². The van der Waals surface area contributed by atoms with E-state index in [2.05, 4.69) is 4.98 Å². The maximum Gasteiger partial charge on any atom is 0.148 e. The number of aliphatic hydroxyl groups excluding tert-OH is 2. The minimum Gasteiger partial charge on any atom is -0.386 e. The highest BCUT2D eigenvalue weighted by Crippen LogP contribution is 2.28. The number of hydrogen-bond donors (Lipinski definition) is 2. The van der Waals surface area contributed by atoms with Gasteiger partial charge in [0.15, 0.2) is 0 Å². The molecule has 4 nitrogen and oxygen atoms in total. The SMILES string of the molecule is N#Cc1nccc2c1C=C[C@H](O)[C@@H]2O. The van der Waals surface area contributed by atoms with Crippen molar-refractivity contribution in [1.29, 1.82) is 5.26 Å². The number of aromatic nitrogens is 1. The molecule has 0 saturated heterocycles. The lowest BCUT2D eigenvalue weighted by Gasteiger charge is -2.21. The molecule has 1 aliphatic rings. The van der Waals surface area contributed by atoms with Crippen molar-refractivity contribution in [3.63, 3.8) is 0 Å². The van der Waals surface area contributed by atoms with Crippen LogP contribution in [-0.2, 0) is 0 Å². The Labute approximate surface area is 80.8 Å². The summed E-state index contributed by atoms with van der Waals surface area (Å²) in [6.45, 7) is 0. The van der Waals surface area contributed by atoms with Crippen molar-refractivity contribution < 1.29 is 10.2 Å². The molecule has 70 valence electrons. The van der Waals surface area contributed by atoms with Gasteiger partial charge >= 0.3 is 0 Å². The molecule has 4 heteroatoms. The normalized spacial score (nSPS) is 24.1. The van der Waals surface area contributed by atoms with E-state index in [9.17, 15) is 10.2 Å². The monoisotopic (exact) mass is 188 g/mol. The molecule has 2 atom stereocenters. The van der Waals surface area contributed by atoms with Crippen molar-refractivity contribution in [3.8, 4) is 6.07 Å². The molecule has 2 rings (SSSR count). The van der Waals surface area contributed by atoms with Crippen LogP contribution in [0, 0.1) is 11.3 Å². The summed E-state index contributed by atoms with van der Waals surface area (Å²) >= 11 is 0. The highest BCUT2D eigenvalue weighted by molar-refractivity contribution is 5.62. The van der Waals surface area contributed by atoms with Crippen molar-refractivity contribution in [1.82, 2.24) is 4.98 Å². The molecule has 0 bridgehead atoms. The first-order valence-corrected chi connectivity index (χ1v) is 4.17. The predicted octanol–water partition coefficient (Wildman–Crippen LogP) is 0.374. The summed E-state index contributed by atoms with van der Waals surface area (Å²) in [4.78, 5) is 3.86. The van der Waals surface area contributed by atoms with Gasteiger partial charge < -0.3 is 10.2 Å². The molecule has 0 aromatic carbocycles. The topological polar surface area (TPSA) is 77.1 Å². The second kappa shape index (κ2) is 3.22. The third kappa shape index (κ3) is 1.20. The molecule has 1 aromatic rings. The molecule has 0 saturated carbocycles. The van der Waals surface area contributed by atoms with Crippen LogP contribution in [0.2, 0.25) is 0 Å². The van der Waals surface area contributed by atoms with Crippen LogP contribution in [0.5, 0.6) is 0 Å². The summed E-state index contributed by atoms with van der Waals surface area (Å²) in [5, 5.41) is 27.7. The summed E-state index contributed by atoms with van der Waals surface area (Å²) in [6, 6.07) is 3.54. The van der Waals surface area contributed by atoms with E-state index in [0.29, 0.717) is 11.1 Å². The molecule has 0 amide bonds. The van der Waals surface area contributed by atoms with Crippen LogP contribution in [0.25, 0.3) is 6.08 Å². The quantitative estimate of drug-likeness (QED) is 0.616. The molecule has 0 radical (unpaired) electrons. The van der Waals surface area contributed by atoms with Crippen molar-refractivity contribution in [3.05, 3.63) is 35.2 Å². The van der Waals surface area contributed by atoms with Crippen LogP contribution in [0.15, 0.2) is 18.3 Å². The van der Waals surface area contributed by atoms with Crippen molar-refractivity contribution in [2.45, 2.75) is 12.2 Å². The first-order chi connectivity index (χ1) is 6.74. The van der Waals surface area contributed by atoms with Gasteiger partial charge in [-0.2, -0.15) is 5.26 Å². The Morgan fingerprint density at radius 3 is 2.93 bits per heavy atom. The van der Waals surface area contributed by atoms with E-state index in [4.69, 9.17) is 5.26 Å². The van der Waals surface area contributed by atoms with Gasteiger partial charge in [-0.05, 0) is 11.6 Å². The smallest absolute Gasteiger partial charge is 0.148 e. The van der Waals surface area contributed by atoms with E-state index in [1.165, 1.54) is 12.3 Å². The Morgan fingerprint density at radius 2 is 2.21 bits per heavy atom. The van der Waals surface area contributed by atoms with Crippen LogP contribution < -0.4 is 0 Å².